The van der Waals surface area contributed by atoms with Crippen molar-refractivity contribution in [1.82, 2.24) is 4.98 Å². The Morgan fingerprint density at radius 1 is 1.00 bits per heavy atom. The van der Waals surface area contributed by atoms with Gasteiger partial charge in [-0.05, 0) is 29.3 Å². The molecule has 4 heteroatoms. The molecule has 1 aromatic carbocycles. The molecule has 0 N–H and O–H groups in total. The van der Waals surface area contributed by atoms with Crippen molar-refractivity contribution in [1.29, 1.82) is 0 Å². The van der Waals surface area contributed by atoms with Gasteiger partial charge in [-0.1, -0.05) is 45.7 Å². The third kappa shape index (κ3) is 4.11. The molecule has 1 heterocycles. The number of hydrogen-bond donors (Lipinski definition) is 0. The summed E-state index contributed by atoms with van der Waals surface area (Å²) in [6.07, 6.45) is 1.73. The van der Waals surface area contributed by atoms with E-state index in [9.17, 15) is 0 Å². The lowest BCUT2D eigenvalue weighted by Crippen LogP contribution is -1.94. The minimum absolute atomic E-state index is 0.502. The first-order valence-corrected chi connectivity index (χ1v) is 6.34. The molecule has 0 unspecified atom stereocenters. The predicted molar refractivity (Wildman–Crippen MR) is 71.9 cm³/mol. The molecule has 0 aliphatic rings. The number of ether oxygens (including phenoxy) is 1. The van der Waals surface area contributed by atoms with Crippen LogP contribution in [0.5, 0.6) is 0 Å². The molecule has 88 valence electrons. The molecule has 0 fully saturated rings. The van der Waals surface area contributed by atoms with Crippen LogP contribution in [-0.2, 0) is 18.0 Å². The van der Waals surface area contributed by atoms with Gasteiger partial charge in [-0.3, -0.25) is 0 Å². The van der Waals surface area contributed by atoms with Gasteiger partial charge in [0.05, 0.1) is 13.2 Å². The minimum atomic E-state index is 0.502. The van der Waals surface area contributed by atoms with E-state index in [1.54, 1.807) is 12.3 Å². The first-order valence-electron chi connectivity index (χ1n) is 5.16. The van der Waals surface area contributed by atoms with Crippen LogP contribution in [0.1, 0.15) is 11.1 Å². The third-order valence-corrected chi connectivity index (χ3v) is 2.99. The fourth-order valence-electron chi connectivity index (χ4n) is 1.36. The molecule has 2 rings (SSSR count). The highest BCUT2D eigenvalue weighted by Gasteiger charge is 1.96. The van der Waals surface area contributed by atoms with Gasteiger partial charge in [0, 0.05) is 10.7 Å². The Bertz CT molecular complexity index is 424. The van der Waals surface area contributed by atoms with Gasteiger partial charge in [0.1, 0.15) is 5.15 Å². The van der Waals surface area contributed by atoms with Crippen LogP contribution in [0.3, 0.4) is 0 Å². The Morgan fingerprint density at radius 2 is 1.65 bits per heavy atom. The van der Waals surface area contributed by atoms with Gasteiger partial charge >= 0.3 is 0 Å². The number of rotatable bonds is 4. The number of hydrogen-bond acceptors (Lipinski definition) is 2. The topological polar surface area (TPSA) is 22.1 Å². The van der Waals surface area contributed by atoms with Crippen LogP contribution in [0.4, 0.5) is 0 Å². The summed E-state index contributed by atoms with van der Waals surface area (Å²) in [4.78, 5) is 4.00. The van der Waals surface area contributed by atoms with E-state index in [1.807, 2.05) is 30.3 Å². The van der Waals surface area contributed by atoms with E-state index in [1.165, 1.54) is 0 Å². The maximum Gasteiger partial charge on any atom is 0.129 e. The second-order valence-corrected chi connectivity index (χ2v) is 4.91. The molecule has 17 heavy (non-hydrogen) atoms. The molecular formula is C13H11BrClNO. The Balaban J connectivity index is 1.83. The van der Waals surface area contributed by atoms with Crippen LogP contribution in [0.25, 0.3) is 0 Å². The minimum Gasteiger partial charge on any atom is -0.372 e. The van der Waals surface area contributed by atoms with Crippen molar-refractivity contribution in [3.05, 3.63) is 63.3 Å². The highest BCUT2D eigenvalue weighted by Crippen LogP contribution is 2.12. The normalized spacial score (nSPS) is 10.5. The van der Waals surface area contributed by atoms with Gasteiger partial charge in [-0.2, -0.15) is 0 Å². The zero-order chi connectivity index (χ0) is 12.1. The summed E-state index contributed by atoms with van der Waals surface area (Å²) in [5.41, 5.74) is 2.17. The first kappa shape index (κ1) is 12.6. The lowest BCUT2D eigenvalue weighted by molar-refractivity contribution is 0.107. The fourth-order valence-corrected chi connectivity index (χ4v) is 1.74. The van der Waals surface area contributed by atoms with Gasteiger partial charge in [-0.25, -0.2) is 4.98 Å². The fraction of sp³-hybridized carbons (Fsp3) is 0.154. The van der Waals surface area contributed by atoms with Gasteiger partial charge < -0.3 is 4.74 Å². The largest absolute Gasteiger partial charge is 0.372 e. The molecular weight excluding hydrogens is 302 g/mol. The van der Waals surface area contributed by atoms with E-state index < -0.39 is 0 Å². The molecule has 0 radical (unpaired) electrons. The highest BCUT2D eigenvalue weighted by molar-refractivity contribution is 9.10. The van der Waals surface area contributed by atoms with Gasteiger partial charge in [0.25, 0.3) is 0 Å². The van der Waals surface area contributed by atoms with Crippen LogP contribution in [0.2, 0.25) is 5.15 Å². The number of pyridine rings is 1. The van der Waals surface area contributed by atoms with Crippen molar-refractivity contribution < 1.29 is 4.74 Å². The molecule has 0 spiro atoms. The molecule has 0 atom stereocenters. The maximum absolute atomic E-state index is 5.70. The van der Waals surface area contributed by atoms with Crippen molar-refractivity contribution in [2.75, 3.05) is 0 Å². The third-order valence-electron chi connectivity index (χ3n) is 2.24. The summed E-state index contributed by atoms with van der Waals surface area (Å²) in [5, 5.41) is 0.502. The summed E-state index contributed by atoms with van der Waals surface area (Å²) >= 11 is 9.10. The molecule has 0 saturated carbocycles. The lowest BCUT2D eigenvalue weighted by atomic mass is 10.2. The van der Waals surface area contributed by atoms with Gasteiger partial charge in [0.15, 0.2) is 0 Å². The van der Waals surface area contributed by atoms with E-state index in [2.05, 4.69) is 20.9 Å². The van der Waals surface area contributed by atoms with Crippen LogP contribution in [-0.4, -0.2) is 4.98 Å². The molecule has 2 aromatic rings. The lowest BCUT2D eigenvalue weighted by Gasteiger charge is -2.04. The van der Waals surface area contributed by atoms with Crippen molar-refractivity contribution in [3.8, 4) is 0 Å². The molecule has 0 saturated heterocycles. The van der Waals surface area contributed by atoms with E-state index in [-0.39, 0.29) is 0 Å². The second-order valence-electron chi connectivity index (χ2n) is 3.61. The number of halogens is 2. The van der Waals surface area contributed by atoms with E-state index >= 15 is 0 Å². The standard InChI is InChI=1S/C13H11BrClNO/c14-12-4-1-10(2-5-12)8-17-9-11-3-6-13(15)16-7-11/h1-7H,8-9H2. The van der Waals surface area contributed by atoms with Crippen LogP contribution >= 0.6 is 27.5 Å². The van der Waals surface area contributed by atoms with Crippen molar-refractivity contribution in [3.63, 3.8) is 0 Å². The Labute approximate surface area is 114 Å². The van der Waals surface area contributed by atoms with Crippen molar-refractivity contribution in [2.45, 2.75) is 13.2 Å². The quantitative estimate of drug-likeness (QED) is 0.789. The highest BCUT2D eigenvalue weighted by atomic mass is 79.9. The summed E-state index contributed by atoms with van der Waals surface area (Å²) in [6.45, 7) is 1.14. The van der Waals surface area contributed by atoms with Crippen LogP contribution < -0.4 is 0 Å². The van der Waals surface area contributed by atoms with Gasteiger partial charge in [-0.15, -0.1) is 0 Å². The molecule has 0 amide bonds. The summed E-state index contributed by atoms with van der Waals surface area (Å²) in [6, 6.07) is 11.7. The zero-order valence-electron chi connectivity index (χ0n) is 9.07. The number of nitrogens with zero attached hydrogens (tertiary/aromatic N) is 1. The molecule has 0 aliphatic heterocycles. The van der Waals surface area contributed by atoms with Crippen LogP contribution in [0.15, 0.2) is 47.1 Å². The zero-order valence-corrected chi connectivity index (χ0v) is 11.4. The number of benzene rings is 1. The summed E-state index contributed by atoms with van der Waals surface area (Å²) in [7, 11) is 0. The molecule has 2 nitrogen and oxygen atoms in total. The summed E-state index contributed by atoms with van der Waals surface area (Å²) < 4.78 is 6.66. The van der Waals surface area contributed by atoms with Crippen molar-refractivity contribution >= 4 is 27.5 Å². The average molecular weight is 313 g/mol. The smallest absolute Gasteiger partial charge is 0.129 e. The second kappa shape index (κ2) is 6.15. The van der Waals surface area contributed by atoms with Gasteiger partial charge in [0.2, 0.25) is 0 Å². The summed E-state index contributed by atoms with van der Waals surface area (Å²) in [5.74, 6) is 0. The Morgan fingerprint density at radius 3 is 2.29 bits per heavy atom. The van der Waals surface area contributed by atoms with E-state index in [4.69, 9.17) is 16.3 Å². The average Bonchev–Trinajstić information content (AvgIpc) is 2.34. The SMILES string of the molecule is Clc1ccc(COCc2ccc(Br)cc2)cn1. The molecule has 1 aromatic heterocycles. The number of aromatic nitrogens is 1. The molecule has 0 aliphatic carbocycles. The van der Waals surface area contributed by atoms with E-state index in [0.29, 0.717) is 18.4 Å². The first-order chi connectivity index (χ1) is 8.24. The Kier molecular flexibility index (Phi) is 4.54. The van der Waals surface area contributed by atoms with Crippen LogP contribution in [0, 0.1) is 0 Å². The predicted octanol–water partition coefficient (Wildman–Crippen LogP) is 4.21. The monoisotopic (exact) mass is 311 g/mol. The Hall–Kier alpha value is -0.900. The van der Waals surface area contributed by atoms with Crippen molar-refractivity contribution in [2.24, 2.45) is 0 Å². The molecule has 0 bridgehead atoms. The maximum atomic E-state index is 5.70. The van der Waals surface area contributed by atoms with E-state index in [0.717, 1.165) is 15.6 Å².